The Morgan fingerprint density at radius 1 is 0.939 bits per heavy atom. The molecular formula is C26H30N2O3S2. The molecule has 0 heterocycles. The topological polar surface area (TPSA) is 66.5 Å². The van der Waals surface area contributed by atoms with E-state index >= 15 is 0 Å². The standard InChI is InChI=1S/C26H30N2O3S2/c1-5-25(20-9-7-19(3)8-10-20)27-26(29)21-11-13-22(14-12-21)28(6-2)33(30,31)24-17-15-23(32-4)16-18-24/h7-18,25H,5-6H2,1-4H3,(H,27,29). The molecule has 0 saturated heterocycles. The minimum atomic E-state index is -3.70. The number of amides is 1. The summed E-state index contributed by atoms with van der Waals surface area (Å²) >= 11 is 1.56. The lowest BCUT2D eigenvalue weighted by atomic mass is 10.0. The van der Waals surface area contributed by atoms with Gasteiger partial charge in [0.2, 0.25) is 0 Å². The second kappa shape index (κ2) is 10.9. The van der Waals surface area contributed by atoms with Gasteiger partial charge in [-0.1, -0.05) is 36.8 Å². The molecule has 1 unspecified atom stereocenters. The second-order valence-electron chi connectivity index (χ2n) is 7.74. The van der Waals surface area contributed by atoms with Crippen molar-refractivity contribution in [2.75, 3.05) is 17.1 Å². The number of nitrogens with one attached hydrogen (secondary N) is 1. The molecule has 5 nitrogen and oxygen atoms in total. The van der Waals surface area contributed by atoms with Gasteiger partial charge in [-0.15, -0.1) is 11.8 Å². The molecule has 0 spiro atoms. The first-order valence-electron chi connectivity index (χ1n) is 10.9. The van der Waals surface area contributed by atoms with Crippen LogP contribution in [0.5, 0.6) is 0 Å². The van der Waals surface area contributed by atoms with Crippen LogP contribution < -0.4 is 9.62 Å². The van der Waals surface area contributed by atoms with Gasteiger partial charge in [-0.2, -0.15) is 0 Å². The number of anilines is 1. The highest BCUT2D eigenvalue weighted by Crippen LogP contribution is 2.26. The van der Waals surface area contributed by atoms with Crippen LogP contribution in [-0.4, -0.2) is 27.1 Å². The molecular weight excluding hydrogens is 452 g/mol. The summed E-state index contributed by atoms with van der Waals surface area (Å²) in [6, 6.07) is 21.6. The number of hydrogen-bond donors (Lipinski definition) is 1. The van der Waals surface area contributed by atoms with Crippen LogP contribution >= 0.6 is 11.8 Å². The number of carbonyl (C=O) groups is 1. The van der Waals surface area contributed by atoms with E-state index in [9.17, 15) is 13.2 Å². The predicted molar refractivity (Wildman–Crippen MR) is 137 cm³/mol. The van der Waals surface area contributed by atoms with Gasteiger partial charge in [0, 0.05) is 17.0 Å². The van der Waals surface area contributed by atoms with E-state index in [2.05, 4.69) is 5.32 Å². The summed E-state index contributed by atoms with van der Waals surface area (Å²) in [6.45, 7) is 6.14. The van der Waals surface area contributed by atoms with Crippen LogP contribution in [-0.2, 0) is 10.0 Å². The van der Waals surface area contributed by atoms with Gasteiger partial charge in [-0.25, -0.2) is 8.42 Å². The summed E-state index contributed by atoms with van der Waals surface area (Å²) in [5.41, 5.74) is 3.24. The van der Waals surface area contributed by atoms with Crippen LogP contribution in [0.3, 0.4) is 0 Å². The summed E-state index contributed by atoms with van der Waals surface area (Å²) in [7, 11) is -3.70. The molecule has 0 fully saturated rings. The molecule has 33 heavy (non-hydrogen) atoms. The average molecular weight is 483 g/mol. The largest absolute Gasteiger partial charge is 0.345 e. The Hall–Kier alpha value is -2.77. The fourth-order valence-electron chi connectivity index (χ4n) is 3.61. The fraction of sp³-hybridized carbons (Fsp3) is 0.269. The maximum Gasteiger partial charge on any atom is 0.264 e. The van der Waals surface area contributed by atoms with Gasteiger partial charge in [0.05, 0.1) is 16.6 Å². The maximum atomic E-state index is 13.2. The quantitative estimate of drug-likeness (QED) is 0.391. The zero-order chi connectivity index (χ0) is 24.0. The highest BCUT2D eigenvalue weighted by atomic mass is 32.2. The molecule has 3 aromatic rings. The Morgan fingerprint density at radius 3 is 2.06 bits per heavy atom. The Kier molecular flexibility index (Phi) is 8.21. The van der Waals surface area contributed by atoms with Crippen molar-refractivity contribution in [1.82, 2.24) is 5.32 Å². The van der Waals surface area contributed by atoms with E-state index in [1.54, 1.807) is 67.2 Å². The van der Waals surface area contributed by atoms with Gasteiger partial charge in [-0.3, -0.25) is 9.10 Å². The summed E-state index contributed by atoms with van der Waals surface area (Å²) in [5, 5.41) is 3.08. The molecule has 0 aliphatic rings. The minimum absolute atomic E-state index is 0.0884. The van der Waals surface area contributed by atoms with E-state index in [0.29, 0.717) is 11.3 Å². The first kappa shape index (κ1) is 24.9. The molecule has 7 heteroatoms. The van der Waals surface area contributed by atoms with Crippen molar-refractivity contribution >= 4 is 33.4 Å². The Balaban J connectivity index is 1.78. The van der Waals surface area contributed by atoms with E-state index in [-0.39, 0.29) is 23.4 Å². The highest BCUT2D eigenvalue weighted by Gasteiger charge is 2.24. The molecule has 0 bridgehead atoms. The van der Waals surface area contributed by atoms with Crippen molar-refractivity contribution in [2.45, 2.75) is 43.0 Å². The zero-order valence-electron chi connectivity index (χ0n) is 19.4. The summed E-state index contributed by atoms with van der Waals surface area (Å²) in [6.07, 6.45) is 2.72. The van der Waals surface area contributed by atoms with Crippen molar-refractivity contribution in [3.63, 3.8) is 0 Å². The van der Waals surface area contributed by atoms with Crippen molar-refractivity contribution in [2.24, 2.45) is 0 Å². The van der Waals surface area contributed by atoms with Crippen molar-refractivity contribution in [3.8, 4) is 0 Å². The number of hydrogen-bond acceptors (Lipinski definition) is 4. The summed E-state index contributed by atoms with van der Waals surface area (Å²) in [4.78, 5) is 14.1. The molecule has 0 aliphatic heterocycles. The summed E-state index contributed by atoms with van der Waals surface area (Å²) < 4.78 is 27.7. The monoisotopic (exact) mass is 482 g/mol. The van der Waals surface area contributed by atoms with Gasteiger partial charge in [-0.05, 0) is 80.6 Å². The fourth-order valence-corrected chi connectivity index (χ4v) is 5.49. The van der Waals surface area contributed by atoms with Gasteiger partial charge in [0.15, 0.2) is 0 Å². The number of thioether (sulfide) groups is 1. The number of nitrogens with zero attached hydrogens (tertiary/aromatic N) is 1. The van der Waals surface area contributed by atoms with E-state index in [1.807, 2.05) is 44.4 Å². The molecule has 1 atom stereocenters. The van der Waals surface area contributed by atoms with Crippen molar-refractivity contribution in [3.05, 3.63) is 89.5 Å². The number of rotatable bonds is 9. The third-order valence-corrected chi connectivity index (χ3v) is 8.21. The van der Waals surface area contributed by atoms with Crippen molar-refractivity contribution in [1.29, 1.82) is 0 Å². The van der Waals surface area contributed by atoms with Crippen LogP contribution in [0, 0.1) is 6.92 Å². The Morgan fingerprint density at radius 2 is 1.55 bits per heavy atom. The predicted octanol–water partition coefficient (Wildman–Crippen LogP) is 5.81. The third-order valence-electron chi connectivity index (χ3n) is 5.55. The summed E-state index contributed by atoms with van der Waals surface area (Å²) in [5.74, 6) is -0.187. The van der Waals surface area contributed by atoms with E-state index in [0.717, 1.165) is 16.9 Å². The molecule has 1 amide bonds. The molecule has 0 aromatic heterocycles. The molecule has 3 rings (SSSR count). The normalized spacial score (nSPS) is 12.2. The number of sulfonamides is 1. The number of aryl methyl sites for hydroxylation is 1. The average Bonchev–Trinajstić information content (AvgIpc) is 2.83. The molecule has 0 saturated carbocycles. The maximum absolute atomic E-state index is 13.2. The molecule has 0 aliphatic carbocycles. The third kappa shape index (κ3) is 5.78. The highest BCUT2D eigenvalue weighted by molar-refractivity contribution is 7.98. The van der Waals surface area contributed by atoms with E-state index < -0.39 is 10.0 Å². The van der Waals surface area contributed by atoms with Crippen LogP contribution in [0.1, 0.15) is 47.8 Å². The van der Waals surface area contributed by atoms with Crippen LogP contribution in [0.15, 0.2) is 82.6 Å². The van der Waals surface area contributed by atoms with E-state index in [4.69, 9.17) is 0 Å². The van der Waals surface area contributed by atoms with Gasteiger partial charge >= 0.3 is 0 Å². The van der Waals surface area contributed by atoms with Crippen LogP contribution in [0.25, 0.3) is 0 Å². The lowest BCUT2D eigenvalue weighted by Crippen LogP contribution is -2.31. The smallest absolute Gasteiger partial charge is 0.264 e. The molecule has 1 N–H and O–H groups in total. The first-order valence-corrected chi connectivity index (χ1v) is 13.6. The molecule has 0 radical (unpaired) electrons. The van der Waals surface area contributed by atoms with E-state index in [1.165, 1.54) is 9.87 Å². The minimum Gasteiger partial charge on any atom is -0.345 e. The zero-order valence-corrected chi connectivity index (χ0v) is 21.0. The lowest BCUT2D eigenvalue weighted by molar-refractivity contribution is 0.0935. The van der Waals surface area contributed by atoms with Gasteiger partial charge < -0.3 is 5.32 Å². The Bertz CT molecular complexity index is 1170. The molecule has 3 aromatic carbocycles. The lowest BCUT2D eigenvalue weighted by Gasteiger charge is -2.23. The molecule has 174 valence electrons. The van der Waals surface area contributed by atoms with Gasteiger partial charge in [0.25, 0.3) is 15.9 Å². The number of benzene rings is 3. The second-order valence-corrected chi connectivity index (χ2v) is 10.5. The van der Waals surface area contributed by atoms with Crippen molar-refractivity contribution < 1.29 is 13.2 Å². The van der Waals surface area contributed by atoms with Crippen LogP contribution in [0.2, 0.25) is 0 Å². The SMILES string of the molecule is CCC(NC(=O)c1ccc(N(CC)S(=O)(=O)c2ccc(SC)cc2)cc1)c1ccc(C)cc1. The van der Waals surface area contributed by atoms with Gasteiger partial charge in [0.1, 0.15) is 0 Å². The van der Waals surface area contributed by atoms with Crippen LogP contribution in [0.4, 0.5) is 5.69 Å². The number of carbonyl (C=O) groups excluding carboxylic acids is 1. The Labute approximate surface area is 201 Å². The first-order chi connectivity index (χ1) is 15.8.